The number of ketones is 1. The van der Waals surface area contributed by atoms with E-state index < -0.39 is 22.7 Å². The number of non-ortho nitro benzene ring substituents is 1. The van der Waals surface area contributed by atoms with Crippen LogP contribution in [0.3, 0.4) is 0 Å². The van der Waals surface area contributed by atoms with E-state index in [0.717, 1.165) is 30.9 Å². The van der Waals surface area contributed by atoms with Crippen molar-refractivity contribution < 1.29 is 24.4 Å². The highest BCUT2D eigenvalue weighted by atomic mass is 16.6. The fourth-order valence-corrected chi connectivity index (χ4v) is 4.99. The number of Topliss-reactive ketones (excluding diaryl/α,β-unsaturated/α-hetero) is 1. The zero-order valence-corrected chi connectivity index (χ0v) is 20.8. The molecular formula is C27H31N3O6. The Morgan fingerprint density at radius 2 is 1.94 bits per heavy atom. The van der Waals surface area contributed by atoms with E-state index in [1.165, 1.54) is 23.1 Å². The van der Waals surface area contributed by atoms with E-state index in [1.54, 1.807) is 24.3 Å². The van der Waals surface area contributed by atoms with Crippen LogP contribution in [-0.2, 0) is 16.0 Å². The van der Waals surface area contributed by atoms with E-state index in [0.29, 0.717) is 24.0 Å². The Hall–Kier alpha value is -3.72. The van der Waals surface area contributed by atoms with Crippen LogP contribution in [0.2, 0.25) is 0 Å². The third-order valence-corrected chi connectivity index (χ3v) is 6.87. The fourth-order valence-electron chi connectivity index (χ4n) is 4.99. The lowest BCUT2D eigenvalue weighted by Gasteiger charge is -2.26. The smallest absolute Gasteiger partial charge is 0.295 e. The van der Waals surface area contributed by atoms with Crippen LogP contribution in [0.5, 0.6) is 5.75 Å². The number of ether oxygens (including phenoxy) is 1. The SMILES string of the molecule is CCN(CC)CCCN1C(=O)C(=O)C(=C(O)c2ccc3c(c2)CC(C)O3)C1c1cccc([N+](=O)[O-])c1. The van der Waals surface area contributed by atoms with Crippen molar-refractivity contribution in [3.8, 4) is 5.75 Å². The van der Waals surface area contributed by atoms with Crippen LogP contribution < -0.4 is 4.74 Å². The lowest BCUT2D eigenvalue weighted by molar-refractivity contribution is -0.384. The van der Waals surface area contributed by atoms with Gasteiger partial charge in [0.2, 0.25) is 0 Å². The van der Waals surface area contributed by atoms with Gasteiger partial charge >= 0.3 is 0 Å². The number of fused-ring (bicyclic) bond motifs is 1. The predicted molar refractivity (Wildman–Crippen MR) is 135 cm³/mol. The van der Waals surface area contributed by atoms with Gasteiger partial charge in [-0.05, 0) is 62.3 Å². The van der Waals surface area contributed by atoms with Crippen molar-refractivity contribution in [1.82, 2.24) is 9.80 Å². The highest BCUT2D eigenvalue weighted by Crippen LogP contribution is 2.41. The van der Waals surface area contributed by atoms with Gasteiger partial charge in [0.05, 0.1) is 16.5 Å². The van der Waals surface area contributed by atoms with Gasteiger partial charge in [0.15, 0.2) is 0 Å². The number of hydrogen-bond donors (Lipinski definition) is 1. The standard InChI is InChI=1S/C27H31N3O6/c1-4-28(5-2)12-7-13-29-24(18-8-6-9-21(16-18)30(34)35)23(26(32)27(29)33)25(31)19-10-11-22-20(15-19)14-17(3)36-22/h6,8-11,15-17,24,31H,4-5,7,12-14H2,1-3H3. The van der Waals surface area contributed by atoms with Gasteiger partial charge in [-0.1, -0.05) is 26.0 Å². The predicted octanol–water partition coefficient (Wildman–Crippen LogP) is 4.07. The summed E-state index contributed by atoms with van der Waals surface area (Å²) in [6, 6.07) is 10.1. The number of benzene rings is 2. The number of nitrogens with zero attached hydrogens (tertiary/aromatic N) is 3. The molecule has 2 heterocycles. The molecule has 1 fully saturated rings. The first-order valence-electron chi connectivity index (χ1n) is 12.3. The Morgan fingerprint density at radius 1 is 1.19 bits per heavy atom. The molecule has 0 aromatic heterocycles. The van der Waals surface area contributed by atoms with Gasteiger partial charge in [0.25, 0.3) is 17.4 Å². The number of likely N-dealkylation sites (tertiary alicyclic amines) is 1. The van der Waals surface area contributed by atoms with Gasteiger partial charge in [0.1, 0.15) is 17.6 Å². The van der Waals surface area contributed by atoms with Crippen molar-refractivity contribution in [3.05, 3.63) is 74.8 Å². The van der Waals surface area contributed by atoms with Crippen molar-refractivity contribution in [2.24, 2.45) is 0 Å². The largest absolute Gasteiger partial charge is 0.507 e. The number of carbonyl (C=O) groups is 2. The van der Waals surface area contributed by atoms with Crippen molar-refractivity contribution in [1.29, 1.82) is 0 Å². The third kappa shape index (κ3) is 4.83. The first-order chi connectivity index (χ1) is 17.2. The molecule has 1 saturated heterocycles. The monoisotopic (exact) mass is 493 g/mol. The van der Waals surface area contributed by atoms with E-state index >= 15 is 0 Å². The molecule has 1 N–H and O–H groups in total. The van der Waals surface area contributed by atoms with Crippen LogP contribution in [0, 0.1) is 10.1 Å². The van der Waals surface area contributed by atoms with Gasteiger partial charge in [-0.25, -0.2) is 0 Å². The molecular weight excluding hydrogens is 462 g/mol. The summed E-state index contributed by atoms with van der Waals surface area (Å²) in [5, 5.41) is 22.8. The minimum Gasteiger partial charge on any atom is -0.507 e. The molecule has 2 aliphatic rings. The second kappa shape index (κ2) is 10.5. The second-order valence-electron chi connectivity index (χ2n) is 9.18. The average Bonchev–Trinajstić information content (AvgIpc) is 3.37. The lowest BCUT2D eigenvalue weighted by Crippen LogP contribution is -2.33. The number of carbonyl (C=O) groups excluding carboxylic acids is 2. The quantitative estimate of drug-likeness (QED) is 0.184. The Morgan fingerprint density at radius 3 is 2.64 bits per heavy atom. The summed E-state index contributed by atoms with van der Waals surface area (Å²) in [5.41, 5.74) is 1.51. The van der Waals surface area contributed by atoms with Gasteiger partial charge in [-0.2, -0.15) is 0 Å². The summed E-state index contributed by atoms with van der Waals surface area (Å²) in [5.74, 6) is -1.08. The molecule has 36 heavy (non-hydrogen) atoms. The molecule has 0 spiro atoms. The summed E-state index contributed by atoms with van der Waals surface area (Å²) in [6.45, 7) is 8.81. The molecule has 4 rings (SSSR count). The maximum atomic E-state index is 13.3. The van der Waals surface area contributed by atoms with Crippen LogP contribution in [-0.4, -0.2) is 63.8 Å². The highest BCUT2D eigenvalue weighted by Gasteiger charge is 2.46. The Kier molecular flexibility index (Phi) is 7.40. The highest BCUT2D eigenvalue weighted by molar-refractivity contribution is 6.46. The Labute approximate surface area is 210 Å². The Balaban J connectivity index is 1.77. The summed E-state index contributed by atoms with van der Waals surface area (Å²) in [6.07, 6.45) is 1.30. The van der Waals surface area contributed by atoms with Crippen LogP contribution in [0.15, 0.2) is 48.0 Å². The average molecular weight is 494 g/mol. The van der Waals surface area contributed by atoms with Gasteiger partial charge in [-0.3, -0.25) is 19.7 Å². The lowest BCUT2D eigenvalue weighted by atomic mass is 9.94. The number of nitro groups is 1. The van der Waals surface area contributed by atoms with Crippen molar-refractivity contribution in [3.63, 3.8) is 0 Å². The van der Waals surface area contributed by atoms with Crippen LogP contribution in [0.4, 0.5) is 5.69 Å². The van der Waals surface area contributed by atoms with E-state index in [2.05, 4.69) is 18.7 Å². The molecule has 2 aromatic rings. The van der Waals surface area contributed by atoms with Gasteiger partial charge < -0.3 is 19.6 Å². The van der Waals surface area contributed by atoms with Crippen molar-refractivity contribution in [2.75, 3.05) is 26.2 Å². The van der Waals surface area contributed by atoms with Gasteiger partial charge in [0, 0.05) is 30.7 Å². The van der Waals surface area contributed by atoms with Crippen LogP contribution in [0.1, 0.15) is 49.9 Å². The van der Waals surface area contributed by atoms with Gasteiger partial charge in [-0.15, -0.1) is 0 Å². The van der Waals surface area contributed by atoms with E-state index in [1.807, 2.05) is 6.92 Å². The first kappa shape index (κ1) is 25.4. The van der Waals surface area contributed by atoms with E-state index in [9.17, 15) is 24.8 Å². The molecule has 0 bridgehead atoms. The number of amides is 1. The number of rotatable bonds is 9. The first-order valence-corrected chi connectivity index (χ1v) is 12.3. The maximum Gasteiger partial charge on any atom is 0.295 e. The summed E-state index contributed by atoms with van der Waals surface area (Å²) in [4.78, 5) is 41.0. The topological polar surface area (TPSA) is 113 Å². The van der Waals surface area contributed by atoms with Crippen LogP contribution in [0.25, 0.3) is 5.76 Å². The summed E-state index contributed by atoms with van der Waals surface area (Å²) >= 11 is 0. The second-order valence-corrected chi connectivity index (χ2v) is 9.18. The summed E-state index contributed by atoms with van der Waals surface area (Å²) in [7, 11) is 0. The molecule has 0 aliphatic carbocycles. The molecule has 9 heteroatoms. The molecule has 0 radical (unpaired) electrons. The van der Waals surface area contributed by atoms with Crippen molar-refractivity contribution in [2.45, 2.75) is 45.8 Å². The normalized spacial score (nSPS) is 20.6. The molecule has 2 aliphatic heterocycles. The maximum absolute atomic E-state index is 13.3. The van der Waals surface area contributed by atoms with E-state index in [4.69, 9.17) is 4.74 Å². The minimum absolute atomic E-state index is 0.0126. The molecule has 9 nitrogen and oxygen atoms in total. The Bertz CT molecular complexity index is 1220. The third-order valence-electron chi connectivity index (χ3n) is 6.87. The number of aliphatic hydroxyl groups excluding tert-OH is 1. The minimum atomic E-state index is -0.926. The van der Waals surface area contributed by atoms with E-state index in [-0.39, 0.29) is 29.7 Å². The van der Waals surface area contributed by atoms with Crippen LogP contribution >= 0.6 is 0 Å². The van der Waals surface area contributed by atoms with Crippen molar-refractivity contribution >= 4 is 23.1 Å². The molecule has 0 saturated carbocycles. The molecule has 2 aromatic carbocycles. The molecule has 190 valence electrons. The number of aliphatic hydroxyl groups is 1. The number of nitro benzene ring substituents is 1. The molecule has 1 amide bonds. The molecule has 2 atom stereocenters. The zero-order chi connectivity index (χ0) is 26.0. The number of hydrogen-bond acceptors (Lipinski definition) is 7. The molecule has 2 unspecified atom stereocenters. The summed E-state index contributed by atoms with van der Waals surface area (Å²) < 4.78 is 5.74. The fraction of sp³-hybridized carbons (Fsp3) is 0.407. The zero-order valence-electron chi connectivity index (χ0n) is 20.8.